The number of carbonyl (C=O) groups is 1. The Morgan fingerprint density at radius 3 is 2.52 bits per heavy atom. The molecule has 0 spiro atoms. The van der Waals surface area contributed by atoms with Crippen LogP contribution < -0.4 is 10.6 Å². The summed E-state index contributed by atoms with van der Waals surface area (Å²) in [5.41, 5.74) is 2.78. The summed E-state index contributed by atoms with van der Waals surface area (Å²) in [6, 6.07) is 14.4. The number of hydrogen-bond acceptors (Lipinski definition) is 3. The van der Waals surface area contributed by atoms with E-state index in [-0.39, 0.29) is 16.4 Å². The first-order chi connectivity index (χ1) is 11.7. The molecule has 128 valence electrons. The summed E-state index contributed by atoms with van der Waals surface area (Å²) in [4.78, 5) is 12.4. The molecule has 6 heteroatoms. The highest BCUT2D eigenvalue weighted by molar-refractivity contribution is 9.10. The predicted molar refractivity (Wildman–Crippen MR) is 108 cm³/mol. The van der Waals surface area contributed by atoms with Gasteiger partial charge in [0.15, 0.2) is 5.11 Å². The van der Waals surface area contributed by atoms with Gasteiger partial charge in [-0.2, -0.15) is 5.26 Å². The van der Waals surface area contributed by atoms with Gasteiger partial charge in [-0.25, -0.2) is 0 Å². The lowest BCUT2D eigenvalue weighted by molar-refractivity contribution is 0.0977. The number of carbonyl (C=O) groups excluding carboxylic acids is 1. The molecule has 2 aromatic rings. The van der Waals surface area contributed by atoms with Crippen LogP contribution in [0.25, 0.3) is 0 Å². The molecule has 0 radical (unpaired) electrons. The van der Waals surface area contributed by atoms with Crippen LogP contribution in [-0.2, 0) is 5.41 Å². The van der Waals surface area contributed by atoms with Crippen molar-refractivity contribution in [1.82, 2.24) is 5.32 Å². The fourth-order valence-corrected chi connectivity index (χ4v) is 3.45. The van der Waals surface area contributed by atoms with Crippen LogP contribution in [0, 0.1) is 11.3 Å². The topological polar surface area (TPSA) is 64.9 Å². The SMILES string of the molecule is CC(C)(C)c1ccc(C(=O)NC(=S)Nc2cccc(C#N)c2)cc1Br. The third-order valence-corrected chi connectivity index (χ3v) is 4.38. The Bertz CT molecular complexity index is 866. The molecule has 0 heterocycles. The van der Waals surface area contributed by atoms with Crippen molar-refractivity contribution in [2.24, 2.45) is 0 Å². The van der Waals surface area contributed by atoms with Crippen molar-refractivity contribution in [3.63, 3.8) is 0 Å². The molecule has 0 aliphatic rings. The van der Waals surface area contributed by atoms with Crippen LogP contribution in [0.4, 0.5) is 5.69 Å². The van der Waals surface area contributed by atoms with Gasteiger partial charge in [-0.3, -0.25) is 10.1 Å². The second kappa shape index (κ2) is 7.77. The van der Waals surface area contributed by atoms with Crippen LogP contribution >= 0.6 is 28.1 Å². The molecule has 2 rings (SSSR count). The monoisotopic (exact) mass is 415 g/mol. The molecule has 2 N–H and O–H groups in total. The maximum Gasteiger partial charge on any atom is 0.257 e. The van der Waals surface area contributed by atoms with Gasteiger partial charge >= 0.3 is 0 Å². The molecule has 25 heavy (non-hydrogen) atoms. The average Bonchev–Trinajstić information content (AvgIpc) is 2.53. The Labute approximate surface area is 161 Å². The first-order valence-electron chi connectivity index (χ1n) is 7.63. The number of rotatable bonds is 2. The zero-order chi connectivity index (χ0) is 18.6. The molecule has 0 unspecified atom stereocenters. The lowest BCUT2D eigenvalue weighted by atomic mass is 9.86. The summed E-state index contributed by atoms with van der Waals surface area (Å²) in [5.74, 6) is -0.296. The van der Waals surface area contributed by atoms with E-state index in [1.165, 1.54) is 0 Å². The third kappa shape index (κ3) is 5.12. The summed E-state index contributed by atoms with van der Waals surface area (Å²) in [7, 11) is 0. The average molecular weight is 416 g/mol. The number of hydrogen-bond donors (Lipinski definition) is 2. The Balaban J connectivity index is 2.07. The lowest BCUT2D eigenvalue weighted by Gasteiger charge is -2.21. The van der Waals surface area contributed by atoms with Crippen LogP contribution in [-0.4, -0.2) is 11.0 Å². The molecule has 4 nitrogen and oxygen atoms in total. The van der Waals surface area contributed by atoms with Crippen molar-refractivity contribution in [2.45, 2.75) is 26.2 Å². The minimum absolute atomic E-state index is 0.0174. The van der Waals surface area contributed by atoms with Crippen molar-refractivity contribution >= 4 is 44.9 Å². The lowest BCUT2D eigenvalue weighted by Crippen LogP contribution is -2.34. The van der Waals surface area contributed by atoms with E-state index in [0.717, 1.165) is 10.0 Å². The third-order valence-electron chi connectivity index (χ3n) is 3.52. The number of anilines is 1. The smallest absolute Gasteiger partial charge is 0.257 e. The number of nitrogens with one attached hydrogen (secondary N) is 2. The van der Waals surface area contributed by atoms with E-state index in [1.807, 2.05) is 6.07 Å². The quantitative estimate of drug-likeness (QED) is 0.694. The van der Waals surface area contributed by atoms with Gasteiger partial charge in [-0.1, -0.05) is 48.8 Å². The molecule has 0 aromatic heterocycles. The summed E-state index contributed by atoms with van der Waals surface area (Å²) >= 11 is 8.70. The fourth-order valence-electron chi connectivity index (χ4n) is 2.27. The van der Waals surface area contributed by atoms with Crippen LogP contribution in [0.2, 0.25) is 0 Å². The summed E-state index contributed by atoms with van der Waals surface area (Å²) in [6.45, 7) is 6.34. The second-order valence-electron chi connectivity index (χ2n) is 6.55. The van der Waals surface area contributed by atoms with Gasteiger partial charge < -0.3 is 5.32 Å². The highest BCUT2D eigenvalue weighted by Gasteiger charge is 2.18. The maximum atomic E-state index is 12.4. The molecule has 0 saturated carbocycles. The maximum absolute atomic E-state index is 12.4. The molecule has 0 saturated heterocycles. The molecule has 0 aliphatic heterocycles. The van der Waals surface area contributed by atoms with Gasteiger partial charge in [0, 0.05) is 15.7 Å². The number of nitrogens with zero attached hydrogens (tertiary/aromatic N) is 1. The number of benzene rings is 2. The van der Waals surface area contributed by atoms with E-state index in [9.17, 15) is 4.79 Å². The molecular weight excluding hydrogens is 398 g/mol. The van der Waals surface area contributed by atoms with Crippen LogP contribution in [0.15, 0.2) is 46.9 Å². The minimum atomic E-state index is -0.296. The first-order valence-corrected chi connectivity index (χ1v) is 8.83. The summed E-state index contributed by atoms with van der Waals surface area (Å²) in [6.07, 6.45) is 0. The molecule has 2 aromatic carbocycles. The zero-order valence-electron chi connectivity index (χ0n) is 14.2. The predicted octanol–water partition coefficient (Wildman–Crippen LogP) is 4.75. The standard InChI is InChI=1S/C19H18BrN3OS/c1-19(2,3)15-8-7-13(10-16(15)20)17(24)23-18(25)22-14-6-4-5-12(9-14)11-21/h4-10H,1-3H3,(H2,22,23,24,25). The van der Waals surface area contributed by atoms with Crippen molar-refractivity contribution in [1.29, 1.82) is 5.26 Å². The molecular formula is C19H18BrN3OS. The highest BCUT2D eigenvalue weighted by Crippen LogP contribution is 2.30. The van der Waals surface area contributed by atoms with E-state index in [4.69, 9.17) is 17.5 Å². The summed E-state index contributed by atoms with van der Waals surface area (Å²) < 4.78 is 0.883. The Kier molecular flexibility index (Phi) is 5.93. The largest absolute Gasteiger partial charge is 0.332 e. The second-order valence-corrected chi connectivity index (χ2v) is 7.81. The highest BCUT2D eigenvalue weighted by atomic mass is 79.9. The Morgan fingerprint density at radius 1 is 1.20 bits per heavy atom. The van der Waals surface area contributed by atoms with Gasteiger partial charge in [0.05, 0.1) is 11.6 Å². The molecule has 0 fully saturated rings. The Hall–Kier alpha value is -2.23. The first kappa shape index (κ1) is 19.1. The van der Waals surface area contributed by atoms with Gasteiger partial charge in [0.2, 0.25) is 0 Å². The van der Waals surface area contributed by atoms with Crippen molar-refractivity contribution in [2.75, 3.05) is 5.32 Å². The normalized spacial score (nSPS) is 10.7. The molecule has 0 bridgehead atoms. The van der Waals surface area contributed by atoms with Crippen molar-refractivity contribution in [3.8, 4) is 6.07 Å². The van der Waals surface area contributed by atoms with Crippen LogP contribution in [0.5, 0.6) is 0 Å². The summed E-state index contributed by atoms with van der Waals surface area (Å²) in [5, 5.41) is 14.6. The van der Waals surface area contributed by atoms with Gasteiger partial charge in [0.1, 0.15) is 0 Å². The fraction of sp³-hybridized carbons (Fsp3) is 0.211. The van der Waals surface area contributed by atoms with Crippen molar-refractivity contribution < 1.29 is 4.79 Å². The van der Waals surface area contributed by atoms with Crippen LogP contribution in [0.3, 0.4) is 0 Å². The van der Waals surface area contributed by atoms with E-state index in [2.05, 4.69) is 53.4 Å². The zero-order valence-corrected chi connectivity index (χ0v) is 16.6. The van der Waals surface area contributed by atoms with Crippen molar-refractivity contribution in [3.05, 3.63) is 63.6 Å². The number of amides is 1. The Morgan fingerprint density at radius 2 is 1.92 bits per heavy atom. The minimum Gasteiger partial charge on any atom is -0.332 e. The van der Waals surface area contributed by atoms with E-state index < -0.39 is 0 Å². The van der Waals surface area contributed by atoms with Gasteiger partial charge in [-0.05, 0) is 53.5 Å². The van der Waals surface area contributed by atoms with Crippen LogP contribution in [0.1, 0.15) is 42.3 Å². The van der Waals surface area contributed by atoms with E-state index in [1.54, 1.807) is 36.4 Å². The van der Waals surface area contributed by atoms with E-state index in [0.29, 0.717) is 16.8 Å². The van der Waals surface area contributed by atoms with Gasteiger partial charge in [0.25, 0.3) is 5.91 Å². The number of thiocarbonyl (C=S) groups is 1. The van der Waals surface area contributed by atoms with Gasteiger partial charge in [-0.15, -0.1) is 0 Å². The van der Waals surface area contributed by atoms with E-state index >= 15 is 0 Å². The molecule has 0 atom stereocenters. The molecule has 0 aliphatic carbocycles. The number of halogens is 1. The number of nitriles is 1. The molecule has 1 amide bonds.